The fraction of sp³-hybridized carbons (Fsp3) is 0.409. The molecule has 154 valence electrons. The number of esters is 2. The molecule has 1 heterocycles. The van der Waals surface area contributed by atoms with Gasteiger partial charge >= 0.3 is 11.9 Å². The molecular formula is C22H25NO5S. The van der Waals surface area contributed by atoms with Crippen molar-refractivity contribution in [2.75, 3.05) is 11.9 Å². The van der Waals surface area contributed by atoms with E-state index in [-0.39, 0.29) is 6.61 Å². The normalized spacial score (nSPS) is 16.4. The fourth-order valence-electron chi connectivity index (χ4n) is 3.62. The zero-order chi connectivity index (χ0) is 21.0. The van der Waals surface area contributed by atoms with Crippen molar-refractivity contribution in [2.45, 2.75) is 52.1 Å². The van der Waals surface area contributed by atoms with Gasteiger partial charge in [-0.15, -0.1) is 11.3 Å². The number of hydrogen-bond donors (Lipinski definition) is 1. The Labute approximate surface area is 174 Å². The summed E-state index contributed by atoms with van der Waals surface area (Å²) in [4.78, 5) is 37.3. The summed E-state index contributed by atoms with van der Waals surface area (Å²) in [5.41, 5.74) is 2.66. The lowest BCUT2D eigenvalue weighted by Gasteiger charge is -2.23. The van der Waals surface area contributed by atoms with Crippen LogP contribution in [0, 0.1) is 0 Å². The SMILES string of the molecule is CCOC(=O)c1c(NC(=O)[C@H](C)OC(C)=O)sc2c1CC[C@@H](c1ccccc1)C2. The van der Waals surface area contributed by atoms with Gasteiger partial charge in [0.2, 0.25) is 0 Å². The van der Waals surface area contributed by atoms with Gasteiger partial charge in [-0.2, -0.15) is 0 Å². The zero-order valence-corrected chi connectivity index (χ0v) is 17.6. The minimum absolute atomic E-state index is 0.257. The second-order valence-corrected chi connectivity index (χ2v) is 8.12. The van der Waals surface area contributed by atoms with E-state index in [0.717, 1.165) is 29.7 Å². The third-order valence-electron chi connectivity index (χ3n) is 4.96. The highest BCUT2D eigenvalue weighted by molar-refractivity contribution is 7.17. The fourth-order valence-corrected chi connectivity index (χ4v) is 4.94. The molecule has 7 heteroatoms. The van der Waals surface area contributed by atoms with E-state index in [1.807, 2.05) is 18.2 Å². The molecule has 1 aliphatic carbocycles. The highest BCUT2D eigenvalue weighted by atomic mass is 32.1. The maximum Gasteiger partial charge on any atom is 0.341 e. The van der Waals surface area contributed by atoms with Gasteiger partial charge in [-0.1, -0.05) is 30.3 Å². The van der Waals surface area contributed by atoms with E-state index >= 15 is 0 Å². The summed E-state index contributed by atoms with van der Waals surface area (Å²) in [7, 11) is 0. The van der Waals surface area contributed by atoms with Gasteiger partial charge in [0.25, 0.3) is 5.91 Å². The number of fused-ring (bicyclic) bond motifs is 1. The summed E-state index contributed by atoms with van der Waals surface area (Å²) >= 11 is 1.41. The Morgan fingerprint density at radius 2 is 1.97 bits per heavy atom. The average Bonchev–Trinajstić information content (AvgIpc) is 3.05. The molecule has 0 saturated heterocycles. The topological polar surface area (TPSA) is 81.7 Å². The lowest BCUT2D eigenvalue weighted by Crippen LogP contribution is -2.29. The van der Waals surface area contributed by atoms with Gasteiger partial charge in [0.1, 0.15) is 5.00 Å². The number of hydrogen-bond acceptors (Lipinski definition) is 6. The maximum absolute atomic E-state index is 12.6. The Bertz CT molecular complexity index is 905. The first kappa shape index (κ1) is 21.0. The first-order valence-corrected chi connectivity index (χ1v) is 10.6. The third kappa shape index (κ3) is 4.85. The molecule has 0 saturated carbocycles. The summed E-state index contributed by atoms with van der Waals surface area (Å²) in [6.45, 7) is 4.76. The van der Waals surface area contributed by atoms with Crippen molar-refractivity contribution in [3.8, 4) is 0 Å². The maximum atomic E-state index is 12.6. The number of thiophene rings is 1. The smallest absolute Gasteiger partial charge is 0.341 e. The first-order valence-electron chi connectivity index (χ1n) is 9.75. The van der Waals surface area contributed by atoms with Crippen LogP contribution in [0.15, 0.2) is 30.3 Å². The molecule has 1 N–H and O–H groups in total. The van der Waals surface area contributed by atoms with E-state index in [4.69, 9.17) is 9.47 Å². The lowest BCUT2D eigenvalue weighted by atomic mass is 9.83. The van der Waals surface area contributed by atoms with Crippen molar-refractivity contribution in [3.63, 3.8) is 0 Å². The summed E-state index contributed by atoms with van der Waals surface area (Å²) < 4.78 is 10.2. The predicted octanol–water partition coefficient (Wildman–Crippen LogP) is 4.09. The number of carbonyl (C=O) groups is 3. The van der Waals surface area contributed by atoms with Crippen molar-refractivity contribution >= 4 is 34.2 Å². The standard InChI is InChI=1S/C22H25NO5S/c1-4-27-22(26)19-17-11-10-16(15-8-6-5-7-9-15)12-18(17)29-21(19)23-20(25)13(2)28-14(3)24/h5-9,13,16H,4,10-12H2,1-3H3,(H,23,25)/t13-,16+/m0/s1. The molecule has 0 radical (unpaired) electrons. The first-order chi connectivity index (χ1) is 13.9. The van der Waals surface area contributed by atoms with Crippen molar-refractivity contribution in [1.29, 1.82) is 0 Å². The Morgan fingerprint density at radius 1 is 1.24 bits per heavy atom. The van der Waals surface area contributed by atoms with Crippen LogP contribution < -0.4 is 5.32 Å². The van der Waals surface area contributed by atoms with Gasteiger partial charge in [0.15, 0.2) is 6.10 Å². The monoisotopic (exact) mass is 415 g/mol. The minimum atomic E-state index is -0.946. The van der Waals surface area contributed by atoms with Crippen LogP contribution in [0.25, 0.3) is 0 Å². The number of rotatable bonds is 6. The van der Waals surface area contributed by atoms with Crippen molar-refractivity contribution in [3.05, 3.63) is 51.9 Å². The second-order valence-electron chi connectivity index (χ2n) is 7.02. The molecular weight excluding hydrogens is 390 g/mol. The molecule has 2 aromatic rings. The van der Waals surface area contributed by atoms with Crippen molar-refractivity contribution in [2.24, 2.45) is 0 Å². The Hall–Kier alpha value is -2.67. The Kier molecular flexibility index (Phi) is 6.69. The molecule has 0 fully saturated rings. The molecule has 29 heavy (non-hydrogen) atoms. The zero-order valence-electron chi connectivity index (χ0n) is 16.8. The van der Waals surface area contributed by atoms with Crippen molar-refractivity contribution in [1.82, 2.24) is 0 Å². The van der Waals surface area contributed by atoms with E-state index in [0.29, 0.717) is 16.5 Å². The quantitative estimate of drug-likeness (QED) is 0.719. The molecule has 0 aliphatic heterocycles. The number of carbonyl (C=O) groups excluding carboxylic acids is 3. The molecule has 2 atom stereocenters. The molecule has 1 aromatic heterocycles. The summed E-state index contributed by atoms with van der Waals surface area (Å²) in [5, 5.41) is 3.23. The number of ether oxygens (including phenoxy) is 2. The molecule has 1 aliphatic rings. The van der Waals surface area contributed by atoms with Gasteiger partial charge in [-0.25, -0.2) is 4.79 Å². The summed E-state index contributed by atoms with van der Waals surface area (Å²) in [6.07, 6.45) is 1.54. The third-order valence-corrected chi connectivity index (χ3v) is 6.13. The number of anilines is 1. The van der Waals surface area contributed by atoms with Crippen LogP contribution in [0.2, 0.25) is 0 Å². The number of benzene rings is 1. The van der Waals surface area contributed by atoms with Gasteiger partial charge in [-0.3, -0.25) is 9.59 Å². The van der Waals surface area contributed by atoms with Crippen LogP contribution in [0.4, 0.5) is 5.00 Å². The Morgan fingerprint density at radius 3 is 2.62 bits per heavy atom. The van der Waals surface area contributed by atoms with Gasteiger partial charge < -0.3 is 14.8 Å². The van der Waals surface area contributed by atoms with E-state index in [9.17, 15) is 14.4 Å². The van der Waals surface area contributed by atoms with Crippen LogP contribution in [-0.4, -0.2) is 30.6 Å². The predicted molar refractivity (Wildman–Crippen MR) is 111 cm³/mol. The highest BCUT2D eigenvalue weighted by Gasteiger charge is 2.31. The molecule has 1 aromatic carbocycles. The van der Waals surface area contributed by atoms with E-state index in [1.165, 1.54) is 30.7 Å². The molecule has 0 unspecified atom stereocenters. The average molecular weight is 416 g/mol. The molecule has 0 bridgehead atoms. The molecule has 0 spiro atoms. The largest absolute Gasteiger partial charge is 0.462 e. The van der Waals surface area contributed by atoms with Crippen molar-refractivity contribution < 1.29 is 23.9 Å². The summed E-state index contributed by atoms with van der Waals surface area (Å²) in [6, 6.07) is 10.3. The minimum Gasteiger partial charge on any atom is -0.462 e. The number of amides is 1. The van der Waals surface area contributed by atoms with E-state index in [1.54, 1.807) is 6.92 Å². The molecule has 1 amide bonds. The van der Waals surface area contributed by atoms with Crippen LogP contribution in [-0.2, 0) is 31.9 Å². The van der Waals surface area contributed by atoms with Gasteiger partial charge in [-0.05, 0) is 50.2 Å². The Balaban J connectivity index is 1.89. The highest BCUT2D eigenvalue weighted by Crippen LogP contribution is 2.42. The second kappa shape index (κ2) is 9.22. The van der Waals surface area contributed by atoms with Gasteiger partial charge in [0, 0.05) is 11.8 Å². The lowest BCUT2D eigenvalue weighted by molar-refractivity contribution is -0.150. The summed E-state index contributed by atoms with van der Waals surface area (Å²) in [5.74, 6) is -1.06. The van der Waals surface area contributed by atoms with Crippen LogP contribution in [0.3, 0.4) is 0 Å². The number of nitrogens with one attached hydrogen (secondary N) is 1. The van der Waals surface area contributed by atoms with E-state index < -0.39 is 23.9 Å². The van der Waals surface area contributed by atoms with Crippen LogP contribution >= 0.6 is 11.3 Å². The molecule has 6 nitrogen and oxygen atoms in total. The van der Waals surface area contributed by atoms with E-state index in [2.05, 4.69) is 17.4 Å². The van der Waals surface area contributed by atoms with Crippen LogP contribution in [0.5, 0.6) is 0 Å². The van der Waals surface area contributed by atoms with Gasteiger partial charge in [0.05, 0.1) is 12.2 Å². The van der Waals surface area contributed by atoms with Crippen LogP contribution in [0.1, 0.15) is 59.5 Å². The molecule has 3 rings (SSSR count).